The molecule has 200 valence electrons. The number of hydrogen-bond acceptors (Lipinski definition) is 16. The van der Waals surface area contributed by atoms with Gasteiger partial charge in [0.25, 0.3) is 0 Å². The smallest absolute Gasteiger partial charge is 0.187 e. The summed E-state index contributed by atoms with van der Waals surface area (Å²) in [5.41, 5.74) is 0. The highest BCUT2D eigenvalue weighted by Gasteiger charge is 2.55. The van der Waals surface area contributed by atoms with E-state index in [2.05, 4.69) is 0 Å². The van der Waals surface area contributed by atoms with Crippen LogP contribution in [0.1, 0.15) is 0 Å². The van der Waals surface area contributed by atoms with E-state index in [1.807, 2.05) is 0 Å². The highest BCUT2D eigenvalue weighted by molar-refractivity contribution is 5.02. The molecule has 0 aromatic heterocycles. The van der Waals surface area contributed by atoms with Gasteiger partial charge < -0.3 is 80.2 Å². The molecule has 2 unspecified atom stereocenters. The SMILES string of the molecule is OC[C@H]1O[C@@H](C(O)[C@H]2OC(O)[C@H](O)[C@@H](O)[C@@H]2O[C@@H]2O[C@H](CO)[C@H](O)[C@H](O)[C@H]2O)[C@H](O)[C@@H](O)[C@H]1O. The van der Waals surface area contributed by atoms with Crippen LogP contribution in [0.2, 0.25) is 0 Å². The Hall–Kier alpha value is -0.640. The molecule has 0 saturated carbocycles. The maximum atomic E-state index is 10.9. The van der Waals surface area contributed by atoms with Gasteiger partial charge in [0.2, 0.25) is 0 Å². The van der Waals surface area contributed by atoms with Gasteiger partial charge in [0.15, 0.2) is 12.6 Å². The van der Waals surface area contributed by atoms with Crippen molar-refractivity contribution in [3.05, 3.63) is 0 Å². The zero-order chi connectivity index (χ0) is 25.5. The van der Waals surface area contributed by atoms with Crippen LogP contribution in [0.5, 0.6) is 0 Å². The van der Waals surface area contributed by atoms with Crippen molar-refractivity contribution in [1.82, 2.24) is 0 Å². The molecule has 3 aliphatic heterocycles. The molecule has 0 spiro atoms. The molecule has 16 heteroatoms. The van der Waals surface area contributed by atoms with Crippen LogP contribution in [-0.4, -0.2) is 173 Å². The molecule has 0 aromatic rings. The van der Waals surface area contributed by atoms with Gasteiger partial charge in [0.1, 0.15) is 85.5 Å². The van der Waals surface area contributed by atoms with E-state index in [1.165, 1.54) is 0 Å². The van der Waals surface area contributed by atoms with Gasteiger partial charge in [-0.25, -0.2) is 0 Å². The summed E-state index contributed by atoms with van der Waals surface area (Å²) >= 11 is 0. The molecule has 3 aliphatic rings. The Bertz CT molecular complexity index is 651. The average Bonchev–Trinajstić information content (AvgIpc) is 2.82. The second-order valence-corrected chi connectivity index (χ2v) is 8.55. The van der Waals surface area contributed by atoms with Gasteiger partial charge in [-0.15, -0.1) is 0 Å². The third-order valence-electron chi connectivity index (χ3n) is 6.34. The summed E-state index contributed by atoms with van der Waals surface area (Å²) in [7, 11) is 0. The van der Waals surface area contributed by atoms with Crippen LogP contribution in [0.25, 0.3) is 0 Å². The normalized spacial score (nSPS) is 53.5. The van der Waals surface area contributed by atoms with E-state index >= 15 is 0 Å². The van der Waals surface area contributed by atoms with Crippen molar-refractivity contribution >= 4 is 0 Å². The second kappa shape index (κ2) is 11.2. The molecular weight excluding hydrogens is 472 g/mol. The summed E-state index contributed by atoms with van der Waals surface area (Å²) < 4.78 is 21.0. The Balaban J connectivity index is 1.85. The predicted molar refractivity (Wildman–Crippen MR) is 101 cm³/mol. The van der Waals surface area contributed by atoms with E-state index in [9.17, 15) is 61.3 Å². The van der Waals surface area contributed by atoms with Crippen LogP contribution >= 0.6 is 0 Å². The molecule has 0 radical (unpaired) electrons. The molecule has 12 N–H and O–H groups in total. The Morgan fingerprint density at radius 3 is 1.65 bits per heavy atom. The van der Waals surface area contributed by atoms with Crippen molar-refractivity contribution in [1.29, 1.82) is 0 Å². The Morgan fingerprint density at radius 1 is 0.559 bits per heavy atom. The van der Waals surface area contributed by atoms with Crippen LogP contribution < -0.4 is 0 Å². The van der Waals surface area contributed by atoms with E-state index in [4.69, 9.17) is 18.9 Å². The molecule has 0 aromatic carbocycles. The first kappa shape index (κ1) is 27.9. The fourth-order valence-electron chi connectivity index (χ4n) is 4.24. The van der Waals surface area contributed by atoms with Crippen LogP contribution in [-0.2, 0) is 18.9 Å². The monoisotopic (exact) mass is 504 g/mol. The van der Waals surface area contributed by atoms with Gasteiger partial charge in [-0.3, -0.25) is 0 Å². The number of aliphatic hydroxyl groups is 12. The lowest BCUT2D eigenvalue weighted by Crippen LogP contribution is -2.69. The summed E-state index contributed by atoms with van der Waals surface area (Å²) in [6.45, 7) is -1.61. The lowest BCUT2D eigenvalue weighted by molar-refractivity contribution is -0.366. The van der Waals surface area contributed by atoms with Gasteiger partial charge in [0.05, 0.1) is 13.2 Å². The fraction of sp³-hybridized carbons (Fsp3) is 1.00. The van der Waals surface area contributed by atoms with Crippen molar-refractivity contribution < 1.29 is 80.2 Å². The predicted octanol–water partition coefficient (Wildman–Crippen LogP) is -8.19. The molecule has 0 amide bonds. The number of aliphatic hydroxyl groups excluding tert-OH is 12. The zero-order valence-corrected chi connectivity index (χ0v) is 17.7. The third-order valence-corrected chi connectivity index (χ3v) is 6.34. The summed E-state index contributed by atoms with van der Waals surface area (Å²) in [5, 5.41) is 120. The van der Waals surface area contributed by atoms with Crippen molar-refractivity contribution in [2.24, 2.45) is 0 Å². The van der Waals surface area contributed by atoms with Gasteiger partial charge in [-0.1, -0.05) is 0 Å². The molecule has 16 atom stereocenters. The van der Waals surface area contributed by atoms with Gasteiger partial charge in [0, 0.05) is 0 Å². The standard InChI is InChI=1S/C18H32O16/c19-1-3-5(21)7(23)9(25)14(31-3)13(29)16-15(10(26)11(27)17(30)33-16)34-18-12(28)8(24)6(22)4(2-20)32-18/h3-30H,1-2H2/t3-,4-,5+,6+,7+,8+,9-,10-,11-,12-,13?,14-,15+,16-,17?,18+/m1/s1. The molecule has 0 bridgehead atoms. The maximum absolute atomic E-state index is 10.9. The molecule has 34 heavy (non-hydrogen) atoms. The van der Waals surface area contributed by atoms with Crippen molar-refractivity contribution in [2.75, 3.05) is 13.2 Å². The first-order chi connectivity index (χ1) is 15.9. The Labute approximate surface area is 192 Å². The lowest BCUT2D eigenvalue weighted by atomic mass is 9.86. The first-order valence-corrected chi connectivity index (χ1v) is 10.6. The summed E-state index contributed by atoms with van der Waals surface area (Å²) in [4.78, 5) is 0. The molecule has 16 nitrogen and oxygen atoms in total. The van der Waals surface area contributed by atoms with Crippen LogP contribution in [0, 0.1) is 0 Å². The third kappa shape index (κ3) is 5.09. The Kier molecular flexibility index (Phi) is 9.18. The Morgan fingerprint density at radius 2 is 1.09 bits per heavy atom. The van der Waals surface area contributed by atoms with Gasteiger partial charge >= 0.3 is 0 Å². The highest BCUT2D eigenvalue weighted by Crippen LogP contribution is 2.33. The summed E-state index contributed by atoms with van der Waals surface area (Å²) in [5.74, 6) is 0. The lowest BCUT2D eigenvalue weighted by Gasteiger charge is -2.49. The molecule has 3 rings (SSSR count). The quantitative estimate of drug-likeness (QED) is 0.160. The number of ether oxygens (including phenoxy) is 4. The largest absolute Gasteiger partial charge is 0.394 e. The van der Waals surface area contributed by atoms with Crippen molar-refractivity contribution in [2.45, 2.75) is 98.0 Å². The van der Waals surface area contributed by atoms with E-state index in [0.717, 1.165) is 0 Å². The topological polar surface area (TPSA) is 280 Å². The highest BCUT2D eigenvalue weighted by atomic mass is 16.7. The fourth-order valence-corrected chi connectivity index (χ4v) is 4.24. The van der Waals surface area contributed by atoms with E-state index < -0.39 is 111 Å². The molecule has 3 heterocycles. The molecule has 3 saturated heterocycles. The van der Waals surface area contributed by atoms with Crippen LogP contribution in [0.3, 0.4) is 0 Å². The minimum absolute atomic E-state index is 0.799. The van der Waals surface area contributed by atoms with E-state index in [1.54, 1.807) is 0 Å². The minimum Gasteiger partial charge on any atom is -0.394 e. The molecule has 3 fully saturated rings. The number of hydrogen-bond donors (Lipinski definition) is 12. The van der Waals surface area contributed by atoms with Crippen LogP contribution in [0.4, 0.5) is 0 Å². The van der Waals surface area contributed by atoms with Gasteiger partial charge in [-0.05, 0) is 0 Å². The summed E-state index contributed by atoms with van der Waals surface area (Å²) in [6.07, 6.45) is -29.3. The number of rotatable bonds is 6. The average molecular weight is 504 g/mol. The molecule has 0 aliphatic carbocycles. The van der Waals surface area contributed by atoms with E-state index in [-0.39, 0.29) is 0 Å². The van der Waals surface area contributed by atoms with Crippen molar-refractivity contribution in [3.63, 3.8) is 0 Å². The van der Waals surface area contributed by atoms with Gasteiger partial charge in [-0.2, -0.15) is 0 Å². The molecular formula is C18H32O16. The second-order valence-electron chi connectivity index (χ2n) is 8.55. The van der Waals surface area contributed by atoms with E-state index in [0.29, 0.717) is 0 Å². The van der Waals surface area contributed by atoms with Crippen molar-refractivity contribution in [3.8, 4) is 0 Å². The zero-order valence-electron chi connectivity index (χ0n) is 17.7. The van der Waals surface area contributed by atoms with Crippen LogP contribution in [0.15, 0.2) is 0 Å². The summed E-state index contributed by atoms with van der Waals surface area (Å²) in [6, 6.07) is 0. The maximum Gasteiger partial charge on any atom is 0.187 e. The first-order valence-electron chi connectivity index (χ1n) is 10.6. The minimum atomic E-state index is -2.07.